The quantitative estimate of drug-likeness (QED) is 0.570. The van der Waals surface area contributed by atoms with Crippen molar-refractivity contribution >= 4 is 5.97 Å². The highest BCUT2D eigenvalue weighted by atomic mass is 16.5. The highest BCUT2D eigenvalue weighted by Gasteiger charge is 2.20. The first-order valence-electron chi connectivity index (χ1n) is 5.48. The third kappa shape index (κ3) is 3.23. The standard InChI is InChI=1S/C14H18O2/c1-5-13(14(15)16-10(2)3)12-8-6-11(4)7-9-12/h6-9,13H,2,5H2,1,3-4H3. The summed E-state index contributed by atoms with van der Waals surface area (Å²) >= 11 is 0. The van der Waals surface area contributed by atoms with E-state index in [-0.39, 0.29) is 11.9 Å². The molecule has 0 saturated carbocycles. The minimum atomic E-state index is -0.223. The number of carbonyl (C=O) groups is 1. The molecule has 1 aromatic carbocycles. The predicted octanol–water partition coefficient (Wildman–Crippen LogP) is 3.57. The predicted molar refractivity (Wildman–Crippen MR) is 65.1 cm³/mol. The Morgan fingerprint density at radius 3 is 2.38 bits per heavy atom. The van der Waals surface area contributed by atoms with Crippen LogP contribution in [0.15, 0.2) is 36.6 Å². The Bertz CT molecular complexity index is 376. The molecule has 1 unspecified atom stereocenters. The molecule has 0 amide bonds. The van der Waals surface area contributed by atoms with Crippen LogP contribution in [0.1, 0.15) is 37.3 Å². The van der Waals surface area contributed by atoms with Gasteiger partial charge in [0.05, 0.1) is 11.7 Å². The van der Waals surface area contributed by atoms with Gasteiger partial charge in [0.15, 0.2) is 0 Å². The van der Waals surface area contributed by atoms with Gasteiger partial charge in [-0.25, -0.2) is 0 Å². The number of allylic oxidation sites excluding steroid dienone is 1. The van der Waals surface area contributed by atoms with Gasteiger partial charge in [-0.15, -0.1) is 0 Å². The van der Waals surface area contributed by atoms with E-state index in [0.29, 0.717) is 5.76 Å². The number of carbonyl (C=O) groups excluding carboxylic acids is 1. The van der Waals surface area contributed by atoms with Gasteiger partial charge < -0.3 is 4.74 Å². The first kappa shape index (κ1) is 12.5. The maximum absolute atomic E-state index is 11.8. The van der Waals surface area contributed by atoms with Crippen molar-refractivity contribution in [2.75, 3.05) is 0 Å². The zero-order chi connectivity index (χ0) is 12.1. The molecule has 1 atom stereocenters. The highest BCUT2D eigenvalue weighted by molar-refractivity contribution is 5.78. The Morgan fingerprint density at radius 1 is 1.38 bits per heavy atom. The monoisotopic (exact) mass is 218 g/mol. The first-order valence-corrected chi connectivity index (χ1v) is 5.48. The van der Waals surface area contributed by atoms with E-state index in [9.17, 15) is 4.79 Å². The summed E-state index contributed by atoms with van der Waals surface area (Å²) in [4.78, 5) is 11.8. The molecule has 0 aliphatic carbocycles. The lowest BCUT2D eigenvalue weighted by atomic mass is 9.96. The lowest BCUT2D eigenvalue weighted by molar-refractivity contribution is -0.141. The van der Waals surface area contributed by atoms with Gasteiger partial charge in [0, 0.05) is 0 Å². The van der Waals surface area contributed by atoms with Crippen LogP contribution in [0.3, 0.4) is 0 Å². The summed E-state index contributed by atoms with van der Waals surface area (Å²) in [7, 11) is 0. The topological polar surface area (TPSA) is 26.3 Å². The van der Waals surface area contributed by atoms with Gasteiger partial charge in [0.2, 0.25) is 0 Å². The van der Waals surface area contributed by atoms with Gasteiger partial charge in [-0.05, 0) is 25.8 Å². The van der Waals surface area contributed by atoms with Crippen LogP contribution in [0.2, 0.25) is 0 Å². The van der Waals surface area contributed by atoms with Gasteiger partial charge in [0.1, 0.15) is 0 Å². The van der Waals surface area contributed by atoms with E-state index in [1.54, 1.807) is 6.92 Å². The second-order valence-corrected chi connectivity index (χ2v) is 3.99. The number of esters is 1. The van der Waals surface area contributed by atoms with Gasteiger partial charge in [-0.2, -0.15) is 0 Å². The van der Waals surface area contributed by atoms with Crippen molar-refractivity contribution in [2.24, 2.45) is 0 Å². The molecule has 0 N–H and O–H groups in total. The van der Waals surface area contributed by atoms with Crippen molar-refractivity contribution in [1.29, 1.82) is 0 Å². The van der Waals surface area contributed by atoms with Gasteiger partial charge in [0.25, 0.3) is 0 Å². The molecule has 86 valence electrons. The highest BCUT2D eigenvalue weighted by Crippen LogP contribution is 2.22. The van der Waals surface area contributed by atoms with Crippen molar-refractivity contribution in [3.63, 3.8) is 0 Å². The van der Waals surface area contributed by atoms with Crippen molar-refractivity contribution in [2.45, 2.75) is 33.1 Å². The summed E-state index contributed by atoms with van der Waals surface area (Å²) in [6.07, 6.45) is 0.731. The van der Waals surface area contributed by atoms with Gasteiger partial charge >= 0.3 is 5.97 Å². The Morgan fingerprint density at radius 2 is 1.94 bits per heavy atom. The molecule has 0 saturated heterocycles. The lowest BCUT2D eigenvalue weighted by Crippen LogP contribution is -2.14. The second kappa shape index (κ2) is 5.50. The molecular weight excluding hydrogens is 200 g/mol. The van der Waals surface area contributed by atoms with E-state index >= 15 is 0 Å². The third-order valence-electron chi connectivity index (χ3n) is 2.45. The number of hydrogen-bond acceptors (Lipinski definition) is 2. The molecule has 0 radical (unpaired) electrons. The fraction of sp³-hybridized carbons (Fsp3) is 0.357. The van der Waals surface area contributed by atoms with Gasteiger partial charge in [-0.1, -0.05) is 43.3 Å². The summed E-state index contributed by atoms with van der Waals surface area (Å²) in [5.41, 5.74) is 2.19. The number of hydrogen-bond donors (Lipinski definition) is 0. The molecule has 0 aliphatic heterocycles. The molecule has 16 heavy (non-hydrogen) atoms. The molecule has 2 nitrogen and oxygen atoms in total. The fourth-order valence-electron chi connectivity index (χ4n) is 1.58. The Labute approximate surface area is 96.9 Å². The molecule has 0 spiro atoms. The average Bonchev–Trinajstić information content (AvgIpc) is 2.21. The van der Waals surface area contributed by atoms with E-state index in [4.69, 9.17) is 4.74 Å². The lowest BCUT2D eigenvalue weighted by Gasteiger charge is -2.14. The van der Waals surface area contributed by atoms with Crippen LogP contribution in [0, 0.1) is 6.92 Å². The van der Waals surface area contributed by atoms with Gasteiger partial charge in [-0.3, -0.25) is 4.79 Å². The second-order valence-electron chi connectivity index (χ2n) is 3.99. The Balaban J connectivity index is 2.85. The van der Waals surface area contributed by atoms with Crippen LogP contribution >= 0.6 is 0 Å². The van der Waals surface area contributed by atoms with Crippen molar-refractivity contribution in [3.8, 4) is 0 Å². The number of rotatable bonds is 4. The van der Waals surface area contributed by atoms with E-state index in [0.717, 1.165) is 12.0 Å². The maximum atomic E-state index is 11.8. The van der Waals surface area contributed by atoms with E-state index in [1.807, 2.05) is 38.1 Å². The van der Waals surface area contributed by atoms with Crippen molar-refractivity contribution in [1.82, 2.24) is 0 Å². The van der Waals surface area contributed by atoms with Crippen LogP contribution in [0.4, 0.5) is 0 Å². The SMILES string of the molecule is C=C(C)OC(=O)C(CC)c1ccc(C)cc1. The summed E-state index contributed by atoms with van der Waals surface area (Å²) in [5.74, 6) is 0.0201. The zero-order valence-electron chi connectivity index (χ0n) is 10.1. The summed E-state index contributed by atoms with van der Waals surface area (Å²) in [6, 6.07) is 7.96. The van der Waals surface area contributed by atoms with Crippen molar-refractivity contribution < 1.29 is 9.53 Å². The summed E-state index contributed by atoms with van der Waals surface area (Å²) in [6.45, 7) is 9.26. The van der Waals surface area contributed by atoms with Crippen LogP contribution < -0.4 is 0 Å². The van der Waals surface area contributed by atoms with Crippen LogP contribution in [-0.4, -0.2) is 5.97 Å². The molecule has 1 rings (SSSR count). The van der Waals surface area contributed by atoms with Crippen LogP contribution in [-0.2, 0) is 9.53 Å². The normalized spacial score (nSPS) is 11.9. The van der Waals surface area contributed by atoms with Crippen molar-refractivity contribution in [3.05, 3.63) is 47.7 Å². The summed E-state index contributed by atoms with van der Waals surface area (Å²) in [5, 5.41) is 0. The minimum Gasteiger partial charge on any atom is -0.432 e. The smallest absolute Gasteiger partial charge is 0.318 e. The molecule has 0 aromatic heterocycles. The molecular formula is C14H18O2. The first-order chi connectivity index (χ1) is 7.54. The van der Waals surface area contributed by atoms with Crippen LogP contribution in [0.5, 0.6) is 0 Å². The largest absolute Gasteiger partial charge is 0.432 e. The van der Waals surface area contributed by atoms with E-state index < -0.39 is 0 Å². The zero-order valence-corrected chi connectivity index (χ0v) is 10.1. The Kier molecular flexibility index (Phi) is 4.29. The molecule has 2 heteroatoms. The average molecular weight is 218 g/mol. The number of ether oxygens (including phenoxy) is 1. The third-order valence-corrected chi connectivity index (χ3v) is 2.45. The fourth-order valence-corrected chi connectivity index (χ4v) is 1.58. The van der Waals surface area contributed by atoms with Crippen LogP contribution in [0.25, 0.3) is 0 Å². The molecule has 0 fully saturated rings. The van der Waals surface area contributed by atoms with E-state index in [2.05, 4.69) is 6.58 Å². The Hall–Kier alpha value is -1.57. The minimum absolute atomic E-state index is 0.197. The number of benzene rings is 1. The van der Waals surface area contributed by atoms with E-state index in [1.165, 1.54) is 5.56 Å². The summed E-state index contributed by atoms with van der Waals surface area (Å²) < 4.78 is 5.05. The molecule has 0 heterocycles. The maximum Gasteiger partial charge on any atom is 0.318 e. The molecule has 1 aromatic rings. The molecule has 0 aliphatic rings. The number of aryl methyl sites for hydroxylation is 1. The molecule has 0 bridgehead atoms.